The Bertz CT molecular complexity index is 613. The summed E-state index contributed by atoms with van der Waals surface area (Å²) in [6.45, 7) is 2.24. The minimum atomic E-state index is -0.195. The van der Waals surface area contributed by atoms with Crippen molar-refractivity contribution in [2.75, 3.05) is 25.0 Å². The molecular formula is C18H24N4O2. The van der Waals surface area contributed by atoms with Crippen molar-refractivity contribution in [3.05, 3.63) is 30.7 Å². The average Bonchev–Trinajstić information content (AvgIpc) is 3.26. The van der Waals surface area contributed by atoms with E-state index < -0.39 is 0 Å². The molecule has 1 aromatic rings. The normalized spacial score (nSPS) is 30.2. The van der Waals surface area contributed by atoms with Crippen LogP contribution in [0.2, 0.25) is 0 Å². The molecular weight excluding hydrogens is 304 g/mol. The summed E-state index contributed by atoms with van der Waals surface area (Å²) >= 11 is 0. The molecule has 6 heteroatoms. The van der Waals surface area contributed by atoms with Crippen LogP contribution in [-0.2, 0) is 9.53 Å². The van der Waals surface area contributed by atoms with E-state index in [4.69, 9.17) is 4.74 Å². The van der Waals surface area contributed by atoms with E-state index in [9.17, 15) is 4.79 Å². The molecule has 1 aromatic heterocycles. The van der Waals surface area contributed by atoms with E-state index in [0.717, 1.165) is 51.0 Å². The molecule has 3 heterocycles. The fourth-order valence-electron chi connectivity index (χ4n) is 4.17. The van der Waals surface area contributed by atoms with Crippen molar-refractivity contribution in [2.24, 2.45) is 5.92 Å². The van der Waals surface area contributed by atoms with E-state index in [2.05, 4.69) is 27.4 Å². The molecule has 1 spiro atoms. The first-order chi connectivity index (χ1) is 11.7. The van der Waals surface area contributed by atoms with Crippen molar-refractivity contribution in [2.45, 2.75) is 43.7 Å². The van der Waals surface area contributed by atoms with Crippen molar-refractivity contribution >= 4 is 11.7 Å². The topological polar surface area (TPSA) is 67.4 Å². The predicted octanol–water partition coefficient (Wildman–Crippen LogP) is 2.00. The number of likely N-dealkylation sites (tertiary alicyclic amines) is 1. The lowest BCUT2D eigenvalue weighted by Gasteiger charge is -2.40. The molecule has 1 N–H and O–H groups in total. The highest BCUT2D eigenvalue weighted by molar-refractivity contribution is 5.80. The minimum Gasteiger partial charge on any atom is -0.371 e. The fourth-order valence-corrected chi connectivity index (χ4v) is 4.17. The van der Waals surface area contributed by atoms with Gasteiger partial charge in [0.2, 0.25) is 5.91 Å². The van der Waals surface area contributed by atoms with E-state index in [-0.39, 0.29) is 17.6 Å². The number of allylic oxidation sites excluding steroid dienone is 2. The van der Waals surface area contributed by atoms with Gasteiger partial charge in [-0.1, -0.05) is 12.2 Å². The molecule has 2 fully saturated rings. The standard InChI is InChI=1S/C18H24N4O2/c23-17(14-4-1-2-5-14)22-9-3-6-18(13-22)10-15(12-24-18)21-16-11-19-7-8-20-16/h1-2,7-8,11,14-15H,3-6,9-10,12-13H2,(H,20,21). The highest BCUT2D eigenvalue weighted by Crippen LogP contribution is 2.36. The first-order valence-electron chi connectivity index (χ1n) is 8.84. The van der Waals surface area contributed by atoms with E-state index in [1.807, 2.05) is 4.90 Å². The van der Waals surface area contributed by atoms with Gasteiger partial charge in [0, 0.05) is 37.8 Å². The quantitative estimate of drug-likeness (QED) is 0.860. The summed E-state index contributed by atoms with van der Waals surface area (Å²) in [5, 5.41) is 3.40. The summed E-state index contributed by atoms with van der Waals surface area (Å²) in [5.74, 6) is 1.23. The molecule has 0 bridgehead atoms. The Morgan fingerprint density at radius 1 is 1.33 bits per heavy atom. The van der Waals surface area contributed by atoms with Crippen LogP contribution in [0.3, 0.4) is 0 Å². The number of nitrogens with zero attached hydrogens (tertiary/aromatic N) is 3. The second-order valence-electron chi connectivity index (χ2n) is 7.13. The van der Waals surface area contributed by atoms with Crippen LogP contribution in [0.25, 0.3) is 0 Å². The summed E-state index contributed by atoms with van der Waals surface area (Å²) in [7, 11) is 0. The van der Waals surface area contributed by atoms with Gasteiger partial charge < -0.3 is 15.0 Å². The lowest BCUT2D eigenvalue weighted by atomic mass is 9.88. The molecule has 2 atom stereocenters. The SMILES string of the molecule is O=C(C1CC=CC1)N1CCCC2(CC(Nc3cnccn3)CO2)C1. The number of hydrogen-bond donors (Lipinski definition) is 1. The van der Waals surface area contributed by atoms with Crippen molar-refractivity contribution in [3.8, 4) is 0 Å². The molecule has 6 nitrogen and oxygen atoms in total. The van der Waals surface area contributed by atoms with Gasteiger partial charge in [0.1, 0.15) is 5.82 Å². The average molecular weight is 328 g/mol. The number of ether oxygens (including phenoxy) is 1. The van der Waals surface area contributed by atoms with Crippen LogP contribution < -0.4 is 5.32 Å². The molecule has 0 radical (unpaired) electrons. The number of aromatic nitrogens is 2. The highest BCUT2D eigenvalue weighted by atomic mass is 16.5. The third-order valence-corrected chi connectivity index (χ3v) is 5.33. The second kappa shape index (κ2) is 6.51. The summed E-state index contributed by atoms with van der Waals surface area (Å²) in [4.78, 5) is 23.1. The van der Waals surface area contributed by atoms with Crippen molar-refractivity contribution < 1.29 is 9.53 Å². The molecule has 3 aliphatic rings. The van der Waals surface area contributed by atoms with Crippen LogP contribution in [0.15, 0.2) is 30.7 Å². The molecule has 0 aromatic carbocycles. The first-order valence-corrected chi connectivity index (χ1v) is 8.84. The Morgan fingerprint density at radius 3 is 3.00 bits per heavy atom. The number of piperidine rings is 1. The summed E-state index contributed by atoms with van der Waals surface area (Å²) in [6.07, 6.45) is 14.1. The summed E-state index contributed by atoms with van der Waals surface area (Å²) < 4.78 is 6.19. The van der Waals surface area contributed by atoms with Crippen LogP contribution in [0, 0.1) is 5.92 Å². The van der Waals surface area contributed by atoms with Gasteiger partial charge in [-0.2, -0.15) is 0 Å². The van der Waals surface area contributed by atoms with Gasteiger partial charge in [0.25, 0.3) is 0 Å². The zero-order valence-electron chi connectivity index (χ0n) is 13.9. The third-order valence-electron chi connectivity index (χ3n) is 5.33. The molecule has 2 saturated heterocycles. The lowest BCUT2D eigenvalue weighted by Crippen LogP contribution is -2.51. The Morgan fingerprint density at radius 2 is 2.21 bits per heavy atom. The molecule has 24 heavy (non-hydrogen) atoms. The van der Waals surface area contributed by atoms with E-state index in [1.165, 1.54) is 0 Å². The molecule has 1 amide bonds. The Hall–Kier alpha value is -1.95. The van der Waals surface area contributed by atoms with Crippen LogP contribution in [0.1, 0.15) is 32.1 Å². The molecule has 2 aliphatic heterocycles. The number of hydrogen-bond acceptors (Lipinski definition) is 5. The van der Waals surface area contributed by atoms with Crippen LogP contribution >= 0.6 is 0 Å². The van der Waals surface area contributed by atoms with Gasteiger partial charge in [-0.05, 0) is 25.7 Å². The van der Waals surface area contributed by atoms with Gasteiger partial charge in [0.05, 0.1) is 24.4 Å². The highest BCUT2D eigenvalue weighted by Gasteiger charge is 2.45. The van der Waals surface area contributed by atoms with Crippen LogP contribution in [0.4, 0.5) is 5.82 Å². The molecule has 4 rings (SSSR count). The lowest BCUT2D eigenvalue weighted by molar-refractivity contribution is -0.143. The molecule has 0 saturated carbocycles. The number of rotatable bonds is 3. The van der Waals surface area contributed by atoms with E-state index >= 15 is 0 Å². The third kappa shape index (κ3) is 3.15. The van der Waals surface area contributed by atoms with Crippen molar-refractivity contribution in [3.63, 3.8) is 0 Å². The van der Waals surface area contributed by atoms with Gasteiger partial charge in [-0.25, -0.2) is 4.98 Å². The number of carbonyl (C=O) groups excluding carboxylic acids is 1. The summed E-state index contributed by atoms with van der Waals surface area (Å²) in [6, 6.07) is 0.227. The second-order valence-corrected chi connectivity index (χ2v) is 7.13. The Balaban J connectivity index is 1.37. The monoisotopic (exact) mass is 328 g/mol. The number of amides is 1. The molecule has 1 aliphatic carbocycles. The first kappa shape index (κ1) is 15.6. The molecule has 2 unspecified atom stereocenters. The van der Waals surface area contributed by atoms with Crippen molar-refractivity contribution in [1.29, 1.82) is 0 Å². The maximum absolute atomic E-state index is 12.7. The number of anilines is 1. The largest absolute Gasteiger partial charge is 0.371 e. The maximum atomic E-state index is 12.7. The Kier molecular flexibility index (Phi) is 4.22. The van der Waals surface area contributed by atoms with Crippen LogP contribution in [0.5, 0.6) is 0 Å². The smallest absolute Gasteiger partial charge is 0.226 e. The van der Waals surface area contributed by atoms with Crippen LogP contribution in [-0.4, -0.2) is 52.1 Å². The van der Waals surface area contributed by atoms with Crippen molar-refractivity contribution in [1.82, 2.24) is 14.9 Å². The van der Waals surface area contributed by atoms with Gasteiger partial charge in [-0.3, -0.25) is 9.78 Å². The maximum Gasteiger partial charge on any atom is 0.226 e. The number of carbonyl (C=O) groups is 1. The zero-order chi connectivity index (χ0) is 16.4. The Labute approximate surface area is 142 Å². The number of nitrogens with one attached hydrogen (secondary N) is 1. The predicted molar refractivity (Wildman–Crippen MR) is 90.4 cm³/mol. The van der Waals surface area contributed by atoms with Gasteiger partial charge in [-0.15, -0.1) is 0 Å². The van der Waals surface area contributed by atoms with E-state index in [0.29, 0.717) is 12.5 Å². The zero-order valence-corrected chi connectivity index (χ0v) is 13.9. The van der Waals surface area contributed by atoms with E-state index in [1.54, 1.807) is 18.6 Å². The molecule has 128 valence electrons. The summed E-state index contributed by atoms with van der Waals surface area (Å²) in [5.41, 5.74) is -0.195. The fraction of sp³-hybridized carbons (Fsp3) is 0.611. The van der Waals surface area contributed by atoms with Gasteiger partial charge >= 0.3 is 0 Å². The minimum absolute atomic E-state index is 0.148. The van der Waals surface area contributed by atoms with Gasteiger partial charge in [0.15, 0.2) is 0 Å².